The number of likely N-dealkylation sites (N-methyl/N-ethyl adjacent to an activating group) is 1. The van der Waals surface area contributed by atoms with Crippen LogP contribution in [-0.4, -0.2) is 13.1 Å². The molecule has 0 radical (unpaired) electrons. The third-order valence-electron chi connectivity index (χ3n) is 4.21. The maximum absolute atomic E-state index is 3.65. The van der Waals surface area contributed by atoms with Gasteiger partial charge in [0.25, 0.3) is 0 Å². The summed E-state index contributed by atoms with van der Waals surface area (Å²) >= 11 is 3.65. The highest BCUT2D eigenvalue weighted by atomic mass is 79.9. The van der Waals surface area contributed by atoms with Crippen molar-refractivity contribution in [3.8, 4) is 0 Å². The molecular weight excluding hydrogens is 274 g/mol. The Balaban J connectivity index is 2.07. The van der Waals surface area contributed by atoms with Crippen LogP contribution in [0.25, 0.3) is 0 Å². The normalized spacial score (nSPS) is 26.1. The van der Waals surface area contributed by atoms with Crippen molar-refractivity contribution < 1.29 is 0 Å². The molecule has 1 aromatic carbocycles. The van der Waals surface area contributed by atoms with Crippen LogP contribution >= 0.6 is 15.9 Å². The Bertz CT molecular complexity index is 364. The van der Waals surface area contributed by atoms with Crippen molar-refractivity contribution in [2.75, 3.05) is 7.05 Å². The van der Waals surface area contributed by atoms with Gasteiger partial charge >= 0.3 is 0 Å². The van der Waals surface area contributed by atoms with Gasteiger partial charge in [-0.25, -0.2) is 0 Å². The van der Waals surface area contributed by atoms with Crippen LogP contribution in [0.5, 0.6) is 0 Å². The molecule has 1 aliphatic carbocycles. The van der Waals surface area contributed by atoms with Crippen molar-refractivity contribution in [2.45, 2.75) is 38.6 Å². The summed E-state index contributed by atoms with van der Waals surface area (Å²) in [5.41, 5.74) is 1.42. The Labute approximate surface area is 113 Å². The zero-order chi connectivity index (χ0) is 12.3. The molecule has 94 valence electrons. The Morgan fingerprint density at radius 1 is 1.35 bits per heavy atom. The first-order valence-electron chi connectivity index (χ1n) is 6.63. The van der Waals surface area contributed by atoms with Gasteiger partial charge in [0.2, 0.25) is 0 Å². The van der Waals surface area contributed by atoms with Crippen molar-refractivity contribution >= 4 is 15.9 Å². The topological polar surface area (TPSA) is 12.0 Å². The Kier molecular flexibility index (Phi) is 4.63. The van der Waals surface area contributed by atoms with E-state index in [1.54, 1.807) is 0 Å². The molecule has 0 aromatic heterocycles. The van der Waals surface area contributed by atoms with E-state index in [2.05, 4.69) is 59.5 Å². The molecule has 0 bridgehead atoms. The molecule has 0 heterocycles. The van der Waals surface area contributed by atoms with Crippen LogP contribution in [0, 0.1) is 11.8 Å². The molecule has 1 nitrogen and oxygen atoms in total. The molecule has 1 aliphatic rings. The number of nitrogens with one attached hydrogen (secondary N) is 1. The van der Waals surface area contributed by atoms with Crippen LogP contribution in [0.1, 0.15) is 31.7 Å². The second-order valence-corrected chi connectivity index (χ2v) is 6.12. The molecule has 0 aliphatic heterocycles. The van der Waals surface area contributed by atoms with Crippen LogP contribution in [0.4, 0.5) is 0 Å². The third kappa shape index (κ3) is 3.11. The summed E-state index contributed by atoms with van der Waals surface area (Å²) < 4.78 is 1.24. The highest BCUT2D eigenvalue weighted by molar-refractivity contribution is 9.10. The molecule has 0 saturated heterocycles. The maximum Gasteiger partial charge on any atom is 0.0207 e. The minimum atomic E-state index is 0.617. The maximum atomic E-state index is 3.65. The van der Waals surface area contributed by atoms with Crippen LogP contribution in [0.15, 0.2) is 28.7 Å². The van der Waals surface area contributed by atoms with Crippen molar-refractivity contribution in [3.05, 3.63) is 34.3 Å². The lowest BCUT2D eigenvalue weighted by Gasteiger charge is -2.27. The summed E-state index contributed by atoms with van der Waals surface area (Å²) in [7, 11) is 2.10. The van der Waals surface area contributed by atoms with Gasteiger partial charge in [-0.2, -0.15) is 0 Å². The van der Waals surface area contributed by atoms with E-state index in [-0.39, 0.29) is 0 Å². The summed E-state index contributed by atoms with van der Waals surface area (Å²) in [6.45, 7) is 2.40. The van der Waals surface area contributed by atoms with Crippen LogP contribution in [0.3, 0.4) is 0 Å². The van der Waals surface area contributed by atoms with Crippen LogP contribution in [-0.2, 0) is 6.42 Å². The van der Waals surface area contributed by atoms with E-state index >= 15 is 0 Å². The standard InChI is InChI=1S/C15H22BrN/c1-11-6-5-8-13(11)15(17-2)10-12-7-3-4-9-14(12)16/h3-4,7,9,11,13,15,17H,5-6,8,10H2,1-2H3. The van der Waals surface area contributed by atoms with E-state index in [1.807, 2.05) is 0 Å². The second kappa shape index (κ2) is 6.01. The summed E-state index contributed by atoms with van der Waals surface area (Å²) in [5, 5.41) is 3.53. The van der Waals surface area contributed by atoms with Gasteiger partial charge in [0.1, 0.15) is 0 Å². The molecule has 0 spiro atoms. The summed E-state index contributed by atoms with van der Waals surface area (Å²) in [5.74, 6) is 1.71. The van der Waals surface area contributed by atoms with E-state index < -0.39 is 0 Å². The lowest BCUT2D eigenvalue weighted by atomic mass is 9.86. The number of rotatable bonds is 4. The van der Waals surface area contributed by atoms with Crippen LogP contribution in [0.2, 0.25) is 0 Å². The molecule has 1 saturated carbocycles. The predicted molar refractivity (Wildman–Crippen MR) is 77.2 cm³/mol. The lowest BCUT2D eigenvalue weighted by Crippen LogP contribution is -2.36. The highest BCUT2D eigenvalue weighted by Crippen LogP contribution is 2.35. The zero-order valence-corrected chi connectivity index (χ0v) is 12.3. The fourth-order valence-electron chi connectivity index (χ4n) is 3.14. The summed E-state index contributed by atoms with van der Waals surface area (Å²) in [6, 6.07) is 9.20. The van der Waals surface area contributed by atoms with E-state index in [9.17, 15) is 0 Å². The number of halogens is 1. The van der Waals surface area contributed by atoms with Gasteiger partial charge in [0, 0.05) is 10.5 Å². The van der Waals surface area contributed by atoms with Gasteiger partial charge in [-0.15, -0.1) is 0 Å². The molecule has 2 rings (SSSR count). The van der Waals surface area contributed by atoms with Crippen molar-refractivity contribution in [1.82, 2.24) is 5.32 Å². The van der Waals surface area contributed by atoms with E-state index in [0.29, 0.717) is 6.04 Å². The van der Waals surface area contributed by atoms with Gasteiger partial charge in [-0.05, 0) is 43.4 Å². The van der Waals surface area contributed by atoms with E-state index in [1.165, 1.54) is 29.3 Å². The Morgan fingerprint density at radius 2 is 2.12 bits per heavy atom. The first-order valence-corrected chi connectivity index (χ1v) is 7.42. The minimum Gasteiger partial charge on any atom is -0.316 e. The average molecular weight is 296 g/mol. The molecule has 1 aromatic rings. The molecule has 1 N–H and O–H groups in total. The van der Waals surface area contributed by atoms with Gasteiger partial charge in [0.15, 0.2) is 0 Å². The first-order chi connectivity index (χ1) is 8.22. The SMILES string of the molecule is CNC(Cc1ccccc1Br)C1CCCC1C. The number of hydrogen-bond donors (Lipinski definition) is 1. The fourth-order valence-corrected chi connectivity index (χ4v) is 3.59. The van der Waals surface area contributed by atoms with Gasteiger partial charge in [-0.3, -0.25) is 0 Å². The third-order valence-corrected chi connectivity index (χ3v) is 4.99. The van der Waals surface area contributed by atoms with Crippen molar-refractivity contribution in [1.29, 1.82) is 0 Å². The minimum absolute atomic E-state index is 0.617. The molecule has 3 unspecified atom stereocenters. The lowest BCUT2D eigenvalue weighted by molar-refractivity contribution is 0.308. The number of benzene rings is 1. The molecular formula is C15H22BrN. The molecule has 3 atom stereocenters. The highest BCUT2D eigenvalue weighted by Gasteiger charge is 2.30. The Hall–Kier alpha value is -0.340. The summed E-state index contributed by atoms with van der Waals surface area (Å²) in [4.78, 5) is 0. The van der Waals surface area contributed by atoms with Gasteiger partial charge in [0.05, 0.1) is 0 Å². The fraction of sp³-hybridized carbons (Fsp3) is 0.600. The van der Waals surface area contributed by atoms with Crippen molar-refractivity contribution in [2.24, 2.45) is 11.8 Å². The monoisotopic (exact) mass is 295 g/mol. The summed E-state index contributed by atoms with van der Waals surface area (Å²) in [6.07, 6.45) is 5.32. The van der Waals surface area contributed by atoms with Gasteiger partial charge < -0.3 is 5.32 Å². The predicted octanol–water partition coefficient (Wildman–Crippen LogP) is 4.02. The molecule has 2 heteroatoms. The van der Waals surface area contributed by atoms with E-state index in [4.69, 9.17) is 0 Å². The van der Waals surface area contributed by atoms with Crippen molar-refractivity contribution in [3.63, 3.8) is 0 Å². The second-order valence-electron chi connectivity index (χ2n) is 5.26. The van der Waals surface area contributed by atoms with Gasteiger partial charge in [-0.1, -0.05) is 53.9 Å². The van der Waals surface area contributed by atoms with Crippen LogP contribution < -0.4 is 5.32 Å². The number of hydrogen-bond acceptors (Lipinski definition) is 1. The zero-order valence-electron chi connectivity index (χ0n) is 10.7. The Morgan fingerprint density at radius 3 is 2.71 bits per heavy atom. The van der Waals surface area contributed by atoms with E-state index in [0.717, 1.165) is 18.3 Å². The molecule has 17 heavy (non-hydrogen) atoms. The quantitative estimate of drug-likeness (QED) is 0.885. The molecule has 1 fully saturated rings. The molecule has 0 amide bonds. The average Bonchev–Trinajstić information content (AvgIpc) is 2.75. The largest absolute Gasteiger partial charge is 0.316 e. The smallest absolute Gasteiger partial charge is 0.0207 e. The first kappa shape index (κ1) is 13.1.